The lowest BCUT2D eigenvalue weighted by Crippen LogP contribution is -2.28. The lowest BCUT2D eigenvalue weighted by atomic mass is 9.92. The summed E-state index contributed by atoms with van der Waals surface area (Å²) < 4.78 is 40.7. The van der Waals surface area contributed by atoms with Gasteiger partial charge in [-0.2, -0.15) is 0 Å². The normalized spacial score (nSPS) is 15.2. The van der Waals surface area contributed by atoms with Gasteiger partial charge in [0.25, 0.3) is 0 Å². The van der Waals surface area contributed by atoms with Crippen molar-refractivity contribution in [3.8, 4) is 5.75 Å². The Balaban J connectivity index is 3.00. The van der Waals surface area contributed by atoms with Gasteiger partial charge in [0.05, 0.1) is 5.60 Å². The number of ether oxygens (including phenoxy) is 1. The van der Waals surface area contributed by atoms with Crippen LogP contribution >= 0.6 is 0 Å². The van der Waals surface area contributed by atoms with Crippen LogP contribution in [-0.2, 0) is 5.60 Å². The molecule has 0 amide bonds. The van der Waals surface area contributed by atoms with Crippen LogP contribution in [0.15, 0.2) is 24.3 Å². The Bertz CT molecular complexity index is 391. The average Bonchev–Trinajstić information content (AvgIpc) is 2.25. The topological polar surface area (TPSA) is 41.5 Å². The van der Waals surface area contributed by atoms with E-state index < -0.39 is 12.0 Å². The lowest BCUT2D eigenvalue weighted by Gasteiger charge is -2.26. The highest BCUT2D eigenvalue weighted by Crippen LogP contribution is 2.34. The third-order valence-electron chi connectivity index (χ3n) is 2.55. The third kappa shape index (κ3) is 4.19. The largest absolute Gasteiger partial charge is 0.573 e. The first-order valence-corrected chi connectivity index (χ1v) is 5.48. The second-order valence-electron chi connectivity index (χ2n) is 4.17. The average molecular weight is 263 g/mol. The predicted molar refractivity (Wildman–Crippen MR) is 61.2 cm³/mol. The quantitative estimate of drug-likeness (QED) is 0.857. The first-order valence-electron chi connectivity index (χ1n) is 5.48. The van der Waals surface area contributed by atoms with Gasteiger partial charge in [0.1, 0.15) is 5.75 Å². The smallest absolute Gasteiger partial charge is 0.405 e. The number of rotatable bonds is 5. The maximum Gasteiger partial charge on any atom is 0.573 e. The minimum atomic E-state index is -4.77. The minimum Gasteiger partial charge on any atom is -0.405 e. The van der Waals surface area contributed by atoms with E-state index >= 15 is 0 Å². The summed E-state index contributed by atoms with van der Waals surface area (Å²) in [4.78, 5) is 0. The summed E-state index contributed by atoms with van der Waals surface area (Å²) in [6.45, 7) is 1.94. The number of halogens is 3. The molecule has 0 spiro atoms. The van der Waals surface area contributed by atoms with E-state index in [4.69, 9.17) is 0 Å². The molecule has 2 N–H and O–H groups in total. The Morgan fingerprint density at radius 2 is 1.89 bits per heavy atom. The third-order valence-corrected chi connectivity index (χ3v) is 2.55. The maximum atomic E-state index is 12.2. The highest BCUT2D eigenvalue weighted by atomic mass is 19.4. The highest BCUT2D eigenvalue weighted by molar-refractivity contribution is 5.37. The molecule has 1 atom stereocenters. The molecule has 0 radical (unpaired) electrons. The molecule has 0 saturated carbocycles. The van der Waals surface area contributed by atoms with Crippen LogP contribution in [0.5, 0.6) is 5.75 Å². The fraction of sp³-hybridized carbons (Fsp3) is 0.500. The molecule has 0 heterocycles. The fourth-order valence-electron chi connectivity index (χ4n) is 1.63. The Hall–Kier alpha value is -1.27. The number of benzene rings is 1. The van der Waals surface area contributed by atoms with Crippen molar-refractivity contribution < 1.29 is 23.0 Å². The molecule has 1 aromatic rings. The molecule has 0 aliphatic heterocycles. The van der Waals surface area contributed by atoms with E-state index in [-0.39, 0.29) is 17.7 Å². The SMILES string of the molecule is CNCCC(C)(O)c1ccccc1OC(F)(F)F. The zero-order valence-electron chi connectivity index (χ0n) is 10.2. The molecule has 1 rings (SSSR count). The van der Waals surface area contributed by atoms with Gasteiger partial charge in [-0.1, -0.05) is 18.2 Å². The van der Waals surface area contributed by atoms with Crippen LogP contribution in [0, 0.1) is 0 Å². The van der Waals surface area contributed by atoms with Gasteiger partial charge in [0.15, 0.2) is 0 Å². The van der Waals surface area contributed by atoms with E-state index in [0.29, 0.717) is 6.54 Å². The highest BCUT2D eigenvalue weighted by Gasteiger charge is 2.35. The number of nitrogens with one attached hydrogen (secondary N) is 1. The van der Waals surface area contributed by atoms with E-state index in [1.165, 1.54) is 25.1 Å². The van der Waals surface area contributed by atoms with E-state index in [0.717, 1.165) is 0 Å². The number of aliphatic hydroxyl groups is 1. The minimum absolute atomic E-state index is 0.123. The maximum absolute atomic E-state index is 12.2. The molecular formula is C12H16F3NO2. The lowest BCUT2D eigenvalue weighted by molar-refractivity contribution is -0.275. The van der Waals surface area contributed by atoms with Crippen LogP contribution in [-0.4, -0.2) is 25.1 Å². The van der Waals surface area contributed by atoms with E-state index in [9.17, 15) is 18.3 Å². The molecule has 1 aromatic carbocycles. The molecule has 6 heteroatoms. The van der Waals surface area contributed by atoms with Crippen molar-refractivity contribution in [2.75, 3.05) is 13.6 Å². The van der Waals surface area contributed by atoms with Crippen molar-refractivity contribution >= 4 is 0 Å². The molecule has 0 bridgehead atoms. The van der Waals surface area contributed by atoms with Gasteiger partial charge in [-0.25, -0.2) is 0 Å². The van der Waals surface area contributed by atoms with Crippen molar-refractivity contribution in [2.24, 2.45) is 0 Å². The number of alkyl halides is 3. The molecule has 0 saturated heterocycles. The summed E-state index contributed by atoms with van der Waals surface area (Å²) in [7, 11) is 1.70. The second kappa shape index (κ2) is 5.58. The molecule has 0 aliphatic rings. The fourth-order valence-corrected chi connectivity index (χ4v) is 1.63. The van der Waals surface area contributed by atoms with Crippen molar-refractivity contribution in [1.29, 1.82) is 0 Å². The summed E-state index contributed by atoms with van der Waals surface area (Å²) >= 11 is 0. The van der Waals surface area contributed by atoms with Crippen LogP contribution in [0.1, 0.15) is 18.9 Å². The van der Waals surface area contributed by atoms with E-state index in [2.05, 4.69) is 10.1 Å². The Morgan fingerprint density at radius 1 is 1.28 bits per heavy atom. The van der Waals surface area contributed by atoms with Crippen molar-refractivity contribution in [3.63, 3.8) is 0 Å². The zero-order chi connectivity index (χ0) is 13.8. The van der Waals surface area contributed by atoms with E-state index in [1.807, 2.05) is 0 Å². The van der Waals surface area contributed by atoms with Crippen LogP contribution < -0.4 is 10.1 Å². The van der Waals surface area contributed by atoms with Gasteiger partial charge >= 0.3 is 6.36 Å². The van der Waals surface area contributed by atoms with Crippen molar-refractivity contribution in [2.45, 2.75) is 25.3 Å². The molecular weight excluding hydrogens is 247 g/mol. The summed E-state index contributed by atoms with van der Waals surface area (Å²) in [5, 5.41) is 13.0. The predicted octanol–water partition coefficient (Wildman–Crippen LogP) is 2.40. The molecule has 0 aliphatic carbocycles. The number of para-hydroxylation sites is 1. The zero-order valence-corrected chi connectivity index (χ0v) is 10.2. The molecule has 18 heavy (non-hydrogen) atoms. The molecule has 3 nitrogen and oxygen atoms in total. The van der Waals surface area contributed by atoms with Crippen LogP contribution in [0.3, 0.4) is 0 Å². The van der Waals surface area contributed by atoms with Crippen LogP contribution in [0.25, 0.3) is 0 Å². The Kier molecular flexibility index (Phi) is 4.59. The van der Waals surface area contributed by atoms with Crippen molar-refractivity contribution in [3.05, 3.63) is 29.8 Å². The van der Waals surface area contributed by atoms with E-state index in [1.54, 1.807) is 13.1 Å². The summed E-state index contributed by atoms with van der Waals surface area (Å²) in [5.74, 6) is -0.369. The summed E-state index contributed by atoms with van der Waals surface area (Å²) in [6, 6.07) is 5.61. The standard InChI is InChI=1S/C12H16F3NO2/c1-11(17,7-8-16-2)9-5-3-4-6-10(9)18-12(13,14)15/h3-6,16-17H,7-8H2,1-2H3. The molecule has 0 fully saturated rings. The molecule has 0 aromatic heterocycles. The molecule has 102 valence electrons. The van der Waals surface area contributed by atoms with Gasteiger partial charge in [-0.15, -0.1) is 13.2 Å². The van der Waals surface area contributed by atoms with Crippen LogP contribution in [0.2, 0.25) is 0 Å². The summed E-state index contributed by atoms with van der Waals surface area (Å²) in [6.07, 6.45) is -4.49. The first kappa shape index (κ1) is 14.8. The van der Waals surface area contributed by atoms with Gasteiger partial charge in [0, 0.05) is 5.56 Å². The van der Waals surface area contributed by atoms with Gasteiger partial charge in [0.2, 0.25) is 0 Å². The van der Waals surface area contributed by atoms with Crippen LogP contribution in [0.4, 0.5) is 13.2 Å². The Morgan fingerprint density at radius 3 is 2.44 bits per heavy atom. The number of hydrogen-bond donors (Lipinski definition) is 2. The summed E-state index contributed by atoms with van der Waals surface area (Å²) in [5.41, 5.74) is -1.26. The van der Waals surface area contributed by atoms with Crippen molar-refractivity contribution in [1.82, 2.24) is 5.32 Å². The number of hydrogen-bond acceptors (Lipinski definition) is 3. The molecule has 1 unspecified atom stereocenters. The van der Waals surface area contributed by atoms with Gasteiger partial charge < -0.3 is 15.2 Å². The van der Waals surface area contributed by atoms with Gasteiger partial charge in [-0.3, -0.25) is 0 Å². The van der Waals surface area contributed by atoms with Gasteiger partial charge in [-0.05, 0) is 33.0 Å². The Labute approximate surface area is 104 Å². The first-order chi connectivity index (χ1) is 8.26. The monoisotopic (exact) mass is 263 g/mol. The second-order valence-corrected chi connectivity index (χ2v) is 4.17.